The number of aliphatic imine (C=N–C) groups is 1. The monoisotopic (exact) mass is 370 g/mol. The molecule has 5 nitrogen and oxygen atoms in total. The number of hydrogen-bond acceptors (Lipinski definition) is 3. The molecule has 1 saturated heterocycles. The van der Waals surface area contributed by atoms with Gasteiger partial charge in [0.25, 0.3) is 0 Å². The van der Waals surface area contributed by atoms with E-state index in [0.29, 0.717) is 17.2 Å². The summed E-state index contributed by atoms with van der Waals surface area (Å²) in [4.78, 5) is 6.99. The molecule has 25 heavy (non-hydrogen) atoms. The first kappa shape index (κ1) is 20.7. The van der Waals surface area contributed by atoms with Crippen molar-refractivity contribution in [3.8, 4) is 0 Å². The van der Waals surface area contributed by atoms with E-state index in [1.807, 2.05) is 14.0 Å². The van der Waals surface area contributed by atoms with Gasteiger partial charge in [-0.1, -0.05) is 26.7 Å². The molecule has 4 atom stereocenters. The second kappa shape index (κ2) is 11.2. The zero-order valence-electron chi connectivity index (χ0n) is 16.4. The van der Waals surface area contributed by atoms with Crippen molar-refractivity contribution in [3.63, 3.8) is 0 Å². The van der Waals surface area contributed by atoms with Crippen molar-refractivity contribution in [2.75, 3.05) is 39.0 Å². The van der Waals surface area contributed by atoms with Crippen molar-refractivity contribution in [1.29, 1.82) is 0 Å². The second-order valence-corrected chi connectivity index (χ2v) is 9.72. The molecule has 1 aliphatic carbocycles. The van der Waals surface area contributed by atoms with Crippen LogP contribution in [0.1, 0.15) is 58.8 Å². The van der Waals surface area contributed by atoms with Crippen LogP contribution < -0.4 is 10.6 Å². The Morgan fingerprint density at radius 1 is 1.24 bits per heavy atom. The van der Waals surface area contributed by atoms with Gasteiger partial charge >= 0.3 is 0 Å². The molecule has 2 aliphatic rings. The Hall–Kier alpha value is -0.620. The normalized spacial score (nSPS) is 28.4. The molecule has 1 heterocycles. The van der Waals surface area contributed by atoms with E-state index >= 15 is 0 Å². The summed E-state index contributed by atoms with van der Waals surface area (Å²) in [7, 11) is 1.17. The fraction of sp³-hybridized carbons (Fsp3) is 0.947. The van der Waals surface area contributed by atoms with Gasteiger partial charge in [0.2, 0.25) is 0 Å². The summed E-state index contributed by atoms with van der Waals surface area (Å²) in [5.74, 6) is 2.29. The van der Waals surface area contributed by atoms with Gasteiger partial charge in [-0.3, -0.25) is 9.20 Å². The SMILES string of the molecule is CCS(=O)C1CCCC(NC(=NC)NCC(C)CN2CCCCC2)C1. The van der Waals surface area contributed by atoms with Crippen LogP contribution in [-0.4, -0.2) is 65.3 Å². The van der Waals surface area contributed by atoms with Crippen molar-refractivity contribution in [2.24, 2.45) is 10.9 Å². The van der Waals surface area contributed by atoms with Crippen LogP contribution >= 0.6 is 0 Å². The maximum Gasteiger partial charge on any atom is 0.191 e. The minimum Gasteiger partial charge on any atom is -0.356 e. The highest BCUT2D eigenvalue weighted by Crippen LogP contribution is 2.23. The number of nitrogens with zero attached hydrogens (tertiary/aromatic N) is 2. The number of hydrogen-bond donors (Lipinski definition) is 2. The summed E-state index contributed by atoms with van der Waals surface area (Å²) in [5, 5.41) is 7.42. The molecule has 1 saturated carbocycles. The van der Waals surface area contributed by atoms with E-state index < -0.39 is 10.8 Å². The van der Waals surface area contributed by atoms with Crippen molar-refractivity contribution in [3.05, 3.63) is 0 Å². The third-order valence-corrected chi connectivity index (χ3v) is 7.22. The molecule has 0 aromatic heterocycles. The fourth-order valence-electron chi connectivity index (χ4n) is 4.06. The Morgan fingerprint density at radius 3 is 2.68 bits per heavy atom. The van der Waals surface area contributed by atoms with Crippen LogP contribution in [0, 0.1) is 5.92 Å². The summed E-state index contributed by atoms with van der Waals surface area (Å²) in [5.41, 5.74) is 0. The Kier molecular flexibility index (Phi) is 9.24. The van der Waals surface area contributed by atoms with Crippen molar-refractivity contribution >= 4 is 16.8 Å². The molecule has 0 aromatic carbocycles. The minimum absolute atomic E-state index is 0.354. The maximum atomic E-state index is 12.1. The molecule has 1 aliphatic heterocycles. The molecule has 146 valence electrons. The third-order valence-electron chi connectivity index (χ3n) is 5.48. The Morgan fingerprint density at radius 2 is 2.00 bits per heavy atom. The number of guanidine groups is 1. The lowest BCUT2D eigenvalue weighted by atomic mass is 9.95. The van der Waals surface area contributed by atoms with Crippen LogP contribution in [0.2, 0.25) is 0 Å². The lowest BCUT2D eigenvalue weighted by Crippen LogP contribution is -2.48. The van der Waals surface area contributed by atoms with E-state index in [1.54, 1.807) is 0 Å². The molecule has 0 bridgehead atoms. The van der Waals surface area contributed by atoms with Crippen molar-refractivity contribution < 1.29 is 4.21 Å². The lowest BCUT2D eigenvalue weighted by Gasteiger charge is -2.31. The molecule has 2 fully saturated rings. The van der Waals surface area contributed by atoms with Crippen LogP contribution in [0.3, 0.4) is 0 Å². The molecule has 0 amide bonds. The largest absolute Gasteiger partial charge is 0.356 e. The fourth-order valence-corrected chi connectivity index (χ4v) is 5.40. The quantitative estimate of drug-likeness (QED) is 0.533. The number of nitrogens with one attached hydrogen (secondary N) is 2. The number of likely N-dealkylation sites (tertiary alicyclic amines) is 1. The van der Waals surface area contributed by atoms with Gasteiger partial charge in [-0.15, -0.1) is 0 Å². The highest BCUT2D eigenvalue weighted by atomic mass is 32.2. The summed E-state index contributed by atoms with van der Waals surface area (Å²) >= 11 is 0. The van der Waals surface area contributed by atoms with Gasteiger partial charge in [0.05, 0.1) is 0 Å². The second-order valence-electron chi connectivity index (χ2n) is 7.72. The Labute approximate surface area is 156 Å². The van der Waals surface area contributed by atoms with E-state index in [-0.39, 0.29) is 0 Å². The van der Waals surface area contributed by atoms with Crippen LogP contribution in [0.5, 0.6) is 0 Å². The van der Waals surface area contributed by atoms with Gasteiger partial charge in [0.15, 0.2) is 5.96 Å². The third kappa shape index (κ3) is 7.26. The summed E-state index contributed by atoms with van der Waals surface area (Å²) in [6.07, 6.45) is 8.53. The van der Waals surface area contributed by atoms with Crippen LogP contribution in [0.25, 0.3) is 0 Å². The molecule has 0 spiro atoms. The van der Waals surface area contributed by atoms with E-state index in [0.717, 1.165) is 43.9 Å². The van der Waals surface area contributed by atoms with E-state index in [1.165, 1.54) is 38.9 Å². The highest BCUT2D eigenvalue weighted by Gasteiger charge is 2.26. The summed E-state index contributed by atoms with van der Waals surface area (Å²) in [6.45, 7) is 8.98. The van der Waals surface area contributed by atoms with Gasteiger partial charge in [0.1, 0.15) is 0 Å². The lowest BCUT2D eigenvalue weighted by molar-refractivity contribution is 0.201. The van der Waals surface area contributed by atoms with E-state index in [9.17, 15) is 4.21 Å². The highest BCUT2D eigenvalue weighted by molar-refractivity contribution is 7.85. The maximum absolute atomic E-state index is 12.1. The van der Waals surface area contributed by atoms with Crippen molar-refractivity contribution in [2.45, 2.75) is 70.1 Å². The topological polar surface area (TPSA) is 56.7 Å². The predicted molar refractivity (Wildman–Crippen MR) is 109 cm³/mol. The number of rotatable bonds is 7. The smallest absolute Gasteiger partial charge is 0.191 e. The van der Waals surface area contributed by atoms with E-state index in [4.69, 9.17) is 0 Å². The van der Waals surface area contributed by atoms with Gasteiger partial charge in [0, 0.05) is 48.0 Å². The predicted octanol–water partition coefficient (Wildman–Crippen LogP) is 2.35. The zero-order chi connectivity index (χ0) is 18.1. The first-order valence-corrected chi connectivity index (χ1v) is 11.6. The Bertz CT molecular complexity index is 437. The van der Waals surface area contributed by atoms with Gasteiger partial charge in [-0.05, 0) is 51.1 Å². The zero-order valence-corrected chi connectivity index (χ0v) is 17.2. The first-order valence-electron chi connectivity index (χ1n) is 10.2. The Balaban J connectivity index is 1.71. The summed E-state index contributed by atoms with van der Waals surface area (Å²) < 4.78 is 12.1. The van der Waals surface area contributed by atoms with Crippen LogP contribution in [0.4, 0.5) is 0 Å². The minimum atomic E-state index is -0.672. The molecule has 0 radical (unpaired) electrons. The van der Waals surface area contributed by atoms with Crippen LogP contribution in [-0.2, 0) is 10.8 Å². The van der Waals surface area contributed by atoms with Gasteiger partial charge in [-0.25, -0.2) is 0 Å². The van der Waals surface area contributed by atoms with Gasteiger partial charge in [-0.2, -0.15) is 0 Å². The molecule has 2 N–H and O–H groups in total. The summed E-state index contributed by atoms with van der Waals surface area (Å²) in [6, 6.07) is 0.401. The molecule has 0 aromatic rings. The number of piperidine rings is 1. The average molecular weight is 371 g/mol. The molecule has 2 rings (SSSR count). The molecular weight excluding hydrogens is 332 g/mol. The molecule has 4 unspecified atom stereocenters. The molecule has 6 heteroatoms. The van der Waals surface area contributed by atoms with Crippen molar-refractivity contribution in [1.82, 2.24) is 15.5 Å². The van der Waals surface area contributed by atoms with E-state index in [2.05, 4.69) is 27.4 Å². The standard InChI is InChI=1S/C19H38N4OS/c1-4-25(24)18-10-8-9-17(13-18)22-19(20-3)21-14-16(2)15-23-11-6-5-7-12-23/h16-18H,4-15H2,1-3H3,(H2,20,21,22). The first-order chi connectivity index (χ1) is 12.1. The van der Waals surface area contributed by atoms with Gasteiger partial charge < -0.3 is 15.5 Å². The van der Waals surface area contributed by atoms with Crippen LogP contribution in [0.15, 0.2) is 4.99 Å². The average Bonchev–Trinajstić information content (AvgIpc) is 2.65. The molecular formula is C19H38N4OS.